The summed E-state index contributed by atoms with van der Waals surface area (Å²) in [6.45, 7) is 0.735. The lowest BCUT2D eigenvalue weighted by molar-refractivity contribution is -0.130. The van der Waals surface area contributed by atoms with Gasteiger partial charge >= 0.3 is 0 Å². The predicted octanol–water partition coefficient (Wildman–Crippen LogP) is 0.948. The lowest BCUT2D eigenvalue weighted by Gasteiger charge is -2.27. The molecule has 0 bridgehead atoms. The minimum Gasteiger partial charge on any atom is -0.486 e. The average molecular weight is 477 g/mol. The summed E-state index contributed by atoms with van der Waals surface area (Å²) >= 11 is 0. The van der Waals surface area contributed by atoms with Gasteiger partial charge in [-0.15, -0.1) is 0 Å². The zero-order valence-electron chi connectivity index (χ0n) is 18.1. The summed E-state index contributed by atoms with van der Waals surface area (Å²) in [7, 11) is 0. The molecule has 2 amide bonds. The average Bonchev–Trinajstić information content (AvgIpc) is 2.83. The van der Waals surface area contributed by atoms with Gasteiger partial charge in [0.25, 0.3) is 5.91 Å². The molecular formula is C22H25F2N5O5. The second kappa shape index (κ2) is 11.3. The normalized spacial score (nSPS) is 13.7. The molecule has 12 heteroatoms. The van der Waals surface area contributed by atoms with Gasteiger partial charge in [-0.1, -0.05) is 6.07 Å². The molecule has 1 atom stereocenters. The maximum atomic E-state index is 13.3. The molecule has 0 radical (unpaired) electrons. The third-order valence-electron chi connectivity index (χ3n) is 5.00. The molecule has 1 aliphatic heterocycles. The molecule has 2 aromatic carbocycles. The molecule has 182 valence electrons. The Bertz CT molecular complexity index is 1080. The monoisotopic (exact) mass is 477 g/mol. The number of fused-ring (bicyclic) bond motifs is 1. The third kappa shape index (κ3) is 6.56. The van der Waals surface area contributed by atoms with Crippen LogP contribution in [0.15, 0.2) is 48.3 Å². The van der Waals surface area contributed by atoms with E-state index in [1.807, 2.05) is 0 Å². The van der Waals surface area contributed by atoms with Gasteiger partial charge in [-0.05, 0) is 42.3 Å². The van der Waals surface area contributed by atoms with Crippen molar-refractivity contribution in [1.82, 2.24) is 15.8 Å². The van der Waals surface area contributed by atoms with E-state index in [0.717, 1.165) is 23.8 Å². The van der Waals surface area contributed by atoms with Crippen LogP contribution in [0.2, 0.25) is 0 Å². The highest BCUT2D eigenvalue weighted by molar-refractivity contribution is 5.94. The lowest BCUT2D eigenvalue weighted by Crippen LogP contribution is -2.42. The summed E-state index contributed by atoms with van der Waals surface area (Å²) in [4.78, 5) is 23.9. The third-order valence-corrected chi connectivity index (χ3v) is 5.00. The highest BCUT2D eigenvalue weighted by Crippen LogP contribution is 2.31. The number of hydrogen-bond acceptors (Lipinski definition) is 8. The summed E-state index contributed by atoms with van der Waals surface area (Å²) in [5.74, 6) is 3.78. The number of amides is 2. The Balaban J connectivity index is 1.66. The first-order valence-electron chi connectivity index (χ1n) is 10.3. The Labute approximate surface area is 194 Å². The van der Waals surface area contributed by atoms with Crippen LogP contribution in [-0.4, -0.2) is 47.8 Å². The summed E-state index contributed by atoms with van der Waals surface area (Å²) in [5, 5.41) is 12.6. The van der Waals surface area contributed by atoms with Crippen LogP contribution in [-0.2, 0) is 11.2 Å². The lowest BCUT2D eigenvalue weighted by atomic mass is 10.0. The molecule has 7 N–H and O–H groups in total. The fourth-order valence-corrected chi connectivity index (χ4v) is 3.29. The predicted molar refractivity (Wildman–Crippen MR) is 116 cm³/mol. The number of ether oxygens (including phenoxy) is 2. The first-order chi connectivity index (χ1) is 16.3. The first kappa shape index (κ1) is 24.7. The zero-order valence-corrected chi connectivity index (χ0v) is 18.1. The molecular weight excluding hydrogens is 452 g/mol. The number of nitrogens with two attached hydrogens (primary N) is 2. The number of nitrogens with one attached hydrogen (secondary N) is 2. The molecule has 0 aliphatic carbocycles. The van der Waals surface area contributed by atoms with E-state index in [9.17, 15) is 18.4 Å². The smallest absolute Gasteiger partial charge is 0.251 e. The quantitative estimate of drug-likeness (QED) is 0.203. The van der Waals surface area contributed by atoms with E-state index < -0.39 is 29.5 Å². The number of hydroxylamine groups is 1. The van der Waals surface area contributed by atoms with Crippen LogP contribution in [0, 0.1) is 11.6 Å². The van der Waals surface area contributed by atoms with Crippen LogP contribution in [0.3, 0.4) is 0 Å². The van der Waals surface area contributed by atoms with Crippen LogP contribution in [0.4, 0.5) is 8.78 Å². The molecule has 0 aromatic heterocycles. The van der Waals surface area contributed by atoms with E-state index >= 15 is 0 Å². The molecule has 0 saturated heterocycles. The van der Waals surface area contributed by atoms with Crippen LogP contribution in [0.5, 0.6) is 11.5 Å². The van der Waals surface area contributed by atoms with Crippen molar-refractivity contribution in [3.05, 3.63) is 71.1 Å². The fourth-order valence-electron chi connectivity index (χ4n) is 3.29. The summed E-state index contributed by atoms with van der Waals surface area (Å²) in [6.07, 6.45) is 1.47. The Morgan fingerprint density at radius 1 is 1.12 bits per heavy atom. The molecule has 3 rings (SSSR count). The van der Waals surface area contributed by atoms with Crippen molar-refractivity contribution in [1.29, 1.82) is 0 Å². The van der Waals surface area contributed by atoms with Gasteiger partial charge in [0, 0.05) is 17.5 Å². The summed E-state index contributed by atoms with van der Waals surface area (Å²) < 4.78 is 37.4. The van der Waals surface area contributed by atoms with E-state index in [-0.39, 0.29) is 24.2 Å². The van der Waals surface area contributed by atoms with Gasteiger partial charge < -0.3 is 25.5 Å². The highest BCUT2D eigenvalue weighted by atomic mass is 19.2. The second-order valence-electron chi connectivity index (χ2n) is 7.54. The van der Waals surface area contributed by atoms with Gasteiger partial charge in [-0.3, -0.25) is 14.8 Å². The van der Waals surface area contributed by atoms with Crippen LogP contribution < -0.4 is 31.8 Å². The van der Waals surface area contributed by atoms with Gasteiger partial charge in [0.05, 0.1) is 19.0 Å². The maximum absolute atomic E-state index is 13.3. The van der Waals surface area contributed by atoms with Gasteiger partial charge in [0.1, 0.15) is 13.2 Å². The minimum atomic E-state index is -1.14. The van der Waals surface area contributed by atoms with Gasteiger partial charge in [-0.2, -0.15) is 0 Å². The Morgan fingerprint density at radius 3 is 2.56 bits per heavy atom. The van der Waals surface area contributed by atoms with Crippen molar-refractivity contribution in [2.24, 2.45) is 11.6 Å². The zero-order chi connectivity index (χ0) is 24.7. The standard InChI is InChI=1S/C22H25F2N5O5/c23-17-3-2-14(9-18(17)24)22(31)27-11-15(25)12-29(26)16(10-21(30)28-32)7-13-1-4-19-20(8-13)34-6-5-33-19/h1-4,8-9,12,16,32H,5-7,10-11,25-26H2,(H,27,31)(H,28,30)/b15-12-/t16-/m1/s1. The van der Waals surface area contributed by atoms with Crippen LogP contribution in [0.1, 0.15) is 22.3 Å². The number of hydrazine groups is 1. The van der Waals surface area contributed by atoms with Crippen LogP contribution in [0.25, 0.3) is 0 Å². The molecule has 2 aromatic rings. The van der Waals surface area contributed by atoms with Crippen molar-refractivity contribution in [2.45, 2.75) is 18.9 Å². The molecule has 0 unspecified atom stereocenters. The van der Waals surface area contributed by atoms with E-state index in [2.05, 4.69) is 5.32 Å². The van der Waals surface area contributed by atoms with Crippen molar-refractivity contribution >= 4 is 11.8 Å². The van der Waals surface area contributed by atoms with E-state index in [4.69, 9.17) is 26.3 Å². The van der Waals surface area contributed by atoms with Crippen molar-refractivity contribution in [3.8, 4) is 11.5 Å². The fraction of sp³-hybridized carbons (Fsp3) is 0.273. The topological polar surface area (TPSA) is 152 Å². The molecule has 10 nitrogen and oxygen atoms in total. The highest BCUT2D eigenvalue weighted by Gasteiger charge is 2.20. The Morgan fingerprint density at radius 2 is 1.85 bits per heavy atom. The molecule has 34 heavy (non-hydrogen) atoms. The molecule has 0 spiro atoms. The van der Waals surface area contributed by atoms with E-state index in [1.54, 1.807) is 23.7 Å². The number of benzene rings is 2. The number of carbonyl (C=O) groups excluding carboxylic acids is 2. The van der Waals surface area contributed by atoms with Crippen molar-refractivity contribution < 1.29 is 33.1 Å². The van der Waals surface area contributed by atoms with Gasteiger partial charge in [0.2, 0.25) is 5.91 Å². The summed E-state index contributed by atoms with van der Waals surface area (Å²) in [6, 6.07) is 7.49. The number of nitrogens with zero attached hydrogens (tertiary/aromatic N) is 1. The summed E-state index contributed by atoms with van der Waals surface area (Å²) in [5.41, 5.74) is 8.38. The number of hydrogen-bond donors (Lipinski definition) is 5. The maximum Gasteiger partial charge on any atom is 0.251 e. The second-order valence-corrected chi connectivity index (χ2v) is 7.54. The molecule has 1 heterocycles. The van der Waals surface area contributed by atoms with E-state index in [0.29, 0.717) is 31.1 Å². The molecule has 0 saturated carbocycles. The number of carbonyl (C=O) groups is 2. The SMILES string of the molecule is N/C(=C\N(N)[C@@H](CC(=O)NO)Cc1ccc2c(c1)OCCO2)CNC(=O)c1ccc(F)c(F)c1. The van der Waals surface area contributed by atoms with Gasteiger partial charge in [-0.25, -0.2) is 20.1 Å². The van der Waals surface area contributed by atoms with Crippen molar-refractivity contribution in [3.63, 3.8) is 0 Å². The first-order valence-corrected chi connectivity index (χ1v) is 10.3. The Kier molecular flexibility index (Phi) is 8.22. The van der Waals surface area contributed by atoms with Crippen LogP contribution >= 0.6 is 0 Å². The van der Waals surface area contributed by atoms with E-state index in [1.165, 1.54) is 11.2 Å². The molecule has 1 aliphatic rings. The van der Waals surface area contributed by atoms with Gasteiger partial charge in [0.15, 0.2) is 23.1 Å². The number of halogens is 2. The van der Waals surface area contributed by atoms with Crippen molar-refractivity contribution in [2.75, 3.05) is 19.8 Å². The minimum absolute atomic E-state index is 0.0765. The number of rotatable bonds is 9. The molecule has 0 fully saturated rings. The Hall–Kier alpha value is -3.90. The largest absolute Gasteiger partial charge is 0.486 e.